The largest absolute Gasteiger partial charge is 0.455 e. The van der Waals surface area contributed by atoms with Crippen molar-refractivity contribution in [1.82, 2.24) is 14.9 Å². The van der Waals surface area contributed by atoms with E-state index in [0.717, 1.165) is 0 Å². The minimum atomic E-state index is -5.87. The maximum absolute atomic E-state index is 12.7. The van der Waals surface area contributed by atoms with E-state index < -0.39 is 64.4 Å². The topological polar surface area (TPSA) is 133 Å². The van der Waals surface area contributed by atoms with Gasteiger partial charge in [0.05, 0.1) is 12.8 Å². The summed E-state index contributed by atoms with van der Waals surface area (Å²) in [7, 11) is -3.97. The Hall–Kier alpha value is -2.36. The third-order valence-electron chi connectivity index (χ3n) is 2.67. The minimum Gasteiger partial charge on any atom is -0.358 e. The second kappa shape index (κ2) is 7.48. The second-order valence-electron chi connectivity index (χ2n) is 4.85. The molecule has 0 aromatic carbocycles. The highest BCUT2D eigenvalue weighted by Crippen LogP contribution is 2.34. The monoisotopic (exact) mass is 410 g/mol. The first-order valence-electron chi connectivity index (χ1n) is 6.38. The van der Waals surface area contributed by atoms with Gasteiger partial charge in [-0.3, -0.25) is 13.5 Å². The van der Waals surface area contributed by atoms with Crippen molar-refractivity contribution >= 4 is 21.8 Å². The summed E-state index contributed by atoms with van der Waals surface area (Å²) < 4.78 is 88.4. The van der Waals surface area contributed by atoms with Crippen LogP contribution >= 0.6 is 0 Å². The summed E-state index contributed by atoms with van der Waals surface area (Å²) in [5.41, 5.74) is 0. The molecule has 0 bridgehead atoms. The zero-order valence-corrected chi connectivity index (χ0v) is 13.6. The van der Waals surface area contributed by atoms with Crippen LogP contribution in [0, 0.1) is 10.1 Å². The van der Waals surface area contributed by atoms with Gasteiger partial charge < -0.3 is 15.4 Å². The van der Waals surface area contributed by atoms with Crippen molar-refractivity contribution in [2.75, 3.05) is 12.8 Å². The van der Waals surface area contributed by atoms with Crippen molar-refractivity contribution in [3.63, 3.8) is 0 Å². The molecule has 1 amide bonds. The number of rotatable bonds is 8. The van der Waals surface area contributed by atoms with Crippen LogP contribution in [0.25, 0.3) is 0 Å². The molecule has 0 aliphatic carbocycles. The molecule has 148 valence electrons. The fourth-order valence-electron chi connectivity index (χ4n) is 1.46. The van der Waals surface area contributed by atoms with E-state index in [1.165, 1.54) is 5.32 Å². The van der Waals surface area contributed by atoms with E-state index in [0.29, 0.717) is 17.0 Å². The number of nitrogens with zero attached hydrogens (tertiary/aromatic N) is 3. The van der Waals surface area contributed by atoms with Crippen molar-refractivity contribution in [3.8, 4) is 0 Å². The molecule has 26 heavy (non-hydrogen) atoms. The Morgan fingerprint density at radius 2 is 1.96 bits per heavy atom. The van der Waals surface area contributed by atoms with Crippen molar-refractivity contribution in [2.24, 2.45) is 0 Å². The molecule has 0 fully saturated rings. The van der Waals surface area contributed by atoms with E-state index in [1.807, 2.05) is 0 Å². The molecule has 16 heteroatoms. The molecule has 1 N–H and O–H groups in total. The first-order valence-corrected chi connectivity index (χ1v) is 8.20. The number of aromatic nitrogens is 2. The Bertz CT molecular complexity index is 790. The van der Waals surface area contributed by atoms with Gasteiger partial charge in [-0.15, -0.1) is 0 Å². The third kappa shape index (κ3) is 6.17. The van der Waals surface area contributed by atoms with Gasteiger partial charge >= 0.3 is 17.9 Å². The third-order valence-corrected chi connectivity index (χ3v) is 3.22. The molecule has 0 atom stereocenters. The number of hydrogen-bond donors (Lipinski definition) is 1. The predicted octanol–water partition coefficient (Wildman–Crippen LogP) is 0.581. The number of halogens is 5. The van der Waals surface area contributed by atoms with Crippen LogP contribution in [-0.4, -0.2) is 53.7 Å². The van der Waals surface area contributed by atoms with Crippen molar-refractivity contribution in [1.29, 1.82) is 0 Å². The second-order valence-corrected chi connectivity index (χ2v) is 6.49. The van der Waals surface area contributed by atoms with Crippen LogP contribution in [0.2, 0.25) is 0 Å². The molecule has 0 aliphatic heterocycles. The smallest absolute Gasteiger partial charge is 0.358 e. The summed E-state index contributed by atoms with van der Waals surface area (Å²) in [6.07, 6.45) is -4.54. The van der Waals surface area contributed by atoms with Crippen LogP contribution in [0.1, 0.15) is 5.82 Å². The van der Waals surface area contributed by atoms with E-state index in [1.54, 1.807) is 0 Å². The van der Waals surface area contributed by atoms with E-state index >= 15 is 0 Å². The molecule has 1 heterocycles. The Kier molecular flexibility index (Phi) is 6.24. The van der Waals surface area contributed by atoms with E-state index in [9.17, 15) is 45.3 Å². The van der Waals surface area contributed by atoms with Crippen molar-refractivity contribution in [3.05, 3.63) is 22.1 Å². The zero-order chi connectivity index (χ0) is 20.3. The number of alkyl halides is 5. The Labute approximate surface area is 142 Å². The number of carbonyl (C=O) groups is 1. The maximum Gasteiger partial charge on any atom is 0.455 e. The first-order chi connectivity index (χ1) is 11.6. The van der Waals surface area contributed by atoms with Gasteiger partial charge in [-0.05, 0) is 9.91 Å². The standard InChI is InChI=1S/C10H11F5N4O6S/c1-26(23,24)25-4-7-17-6(19(21)22)2-18(7)3-8(20)16-5-9(11,12)10(13,14)15/h2H,3-5H2,1H3,(H,16,20). The zero-order valence-electron chi connectivity index (χ0n) is 12.8. The molecule has 1 aromatic rings. The van der Waals surface area contributed by atoms with E-state index in [2.05, 4.69) is 9.17 Å². The molecule has 0 aliphatic rings. The van der Waals surface area contributed by atoms with E-state index in [4.69, 9.17) is 0 Å². The lowest BCUT2D eigenvalue weighted by molar-refractivity contribution is -0.389. The van der Waals surface area contributed by atoms with E-state index in [-0.39, 0.29) is 0 Å². The number of carbonyl (C=O) groups excluding carboxylic acids is 1. The molecule has 0 radical (unpaired) electrons. The molecular weight excluding hydrogens is 399 g/mol. The lowest BCUT2D eigenvalue weighted by Crippen LogP contribution is -2.47. The SMILES string of the molecule is CS(=O)(=O)OCc1nc([N+](=O)[O-])cn1CC(=O)NCC(F)(F)C(F)(F)F. The summed E-state index contributed by atoms with van der Waals surface area (Å²) in [5.74, 6) is -7.77. The van der Waals surface area contributed by atoms with Gasteiger partial charge in [0.2, 0.25) is 5.91 Å². The molecule has 0 unspecified atom stereocenters. The minimum absolute atomic E-state index is 0.431. The molecule has 0 saturated heterocycles. The molecule has 0 spiro atoms. The van der Waals surface area contributed by atoms with Crippen LogP contribution in [-0.2, 0) is 32.2 Å². The highest BCUT2D eigenvalue weighted by Gasteiger charge is 2.57. The molecular formula is C10H11F5N4O6S. The fourth-order valence-corrected chi connectivity index (χ4v) is 1.78. The quantitative estimate of drug-likeness (QED) is 0.287. The van der Waals surface area contributed by atoms with Gasteiger partial charge in [-0.2, -0.15) is 30.4 Å². The summed E-state index contributed by atoms with van der Waals surface area (Å²) in [6, 6.07) is 0. The van der Waals surface area contributed by atoms with Gasteiger partial charge in [-0.1, -0.05) is 0 Å². The maximum atomic E-state index is 12.7. The molecule has 10 nitrogen and oxygen atoms in total. The fraction of sp³-hybridized carbons (Fsp3) is 0.600. The van der Waals surface area contributed by atoms with Gasteiger partial charge in [0, 0.05) is 0 Å². The normalized spacial score (nSPS) is 12.8. The Morgan fingerprint density at radius 1 is 1.38 bits per heavy atom. The number of nitrogens with one attached hydrogen (secondary N) is 1. The van der Waals surface area contributed by atoms with Gasteiger partial charge in [0.1, 0.15) is 19.3 Å². The molecule has 1 aromatic heterocycles. The summed E-state index contributed by atoms with van der Waals surface area (Å²) >= 11 is 0. The average molecular weight is 410 g/mol. The van der Waals surface area contributed by atoms with Crippen LogP contribution in [0.15, 0.2) is 6.20 Å². The van der Waals surface area contributed by atoms with Crippen LogP contribution in [0.3, 0.4) is 0 Å². The van der Waals surface area contributed by atoms with Crippen LogP contribution < -0.4 is 5.32 Å². The van der Waals surface area contributed by atoms with Gasteiger partial charge in [0.25, 0.3) is 15.9 Å². The number of imidazole rings is 1. The van der Waals surface area contributed by atoms with Gasteiger partial charge in [-0.25, -0.2) is 0 Å². The Morgan fingerprint density at radius 3 is 2.42 bits per heavy atom. The first kappa shape index (κ1) is 21.7. The summed E-state index contributed by atoms with van der Waals surface area (Å²) in [4.78, 5) is 24.6. The predicted molar refractivity (Wildman–Crippen MR) is 72.5 cm³/mol. The van der Waals surface area contributed by atoms with Crippen LogP contribution in [0.4, 0.5) is 27.8 Å². The number of amides is 1. The highest BCUT2D eigenvalue weighted by molar-refractivity contribution is 7.85. The number of hydrogen-bond acceptors (Lipinski definition) is 7. The molecule has 1 rings (SSSR count). The average Bonchev–Trinajstić information content (AvgIpc) is 2.84. The highest BCUT2D eigenvalue weighted by atomic mass is 32.2. The molecule has 0 saturated carbocycles. The lowest BCUT2D eigenvalue weighted by atomic mass is 10.3. The van der Waals surface area contributed by atoms with Crippen molar-refractivity contribution < 1.29 is 44.3 Å². The van der Waals surface area contributed by atoms with Crippen molar-refractivity contribution in [2.45, 2.75) is 25.3 Å². The number of nitro groups is 1. The summed E-state index contributed by atoms with van der Waals surface area (Å²) in [5, 5.41) is 12.0. The summed E-state index contributed by atoms with van der Waals surface area (Å²) in [6.45, 7) is -3.79. The Balaban J connectivity index is 2.87. The van der Waals surface area contributed by atoms with Crippen LogP contribution in [0.5, 0.6) is 0 Å². The van der Waals surface area contributed by atoms with Gasteiger partial charge in [0.15, 0.2) is 0 Å². The lowest BCUT2D eigenvalue weighted by Gasteiger charge is -2.19.